The topological polar surface area (TPSA) is 71.8 Å². The fourth-order valence-electron chi connectivity index (χ4n) is 2.41. The predicted octanol–water partition coefficient (Wildman–Crippen LogP) is 2.62. The highest BCUT2D eigenvalue weighted by Crippen LogP contribution is 2.17. The molecular weight excluding hydrogens is 321 g/mol. The van der Waals surface area contributed by atoms with E-state index >= 15 is 0 Å². The molecule has 7 heteroatoms. The molecule has 0 saturated heterocycles. The normalized spacial score (nSPS) is 10.5. The summed E-state index contributed by atoms with van der Waals surface area (Å²) in [6, 6.07) is 9.58. The van der Waals surface area contributed by atoms with Gasteiger partial charge in [0, 0.05) is 44.3 Å². The molecule has 2 heterocycles. The highest BCUT2D eigenvalue weighted by molar-refractivity contribution is 5.73. The minimum absolute atomic E-state index is 0.296. The maximum atomic E-state index is 12.8. The molecule has 3 aromatic rings. The Morgan fingerprint density at radius 3 is 2.48 bits per heavy atom. The van der Waals surface area contributed by atoms with E-state index in [9.17, 15) is 9.18 Å². The van der Waals surface area contributed by atoms with E-state index in [0.717, 1.165) is 22.4 Å². The van der Waals surface area contributed by atoms with Gasteiger partial charge in [-0.2, -0.15) is 5.10 Å². The summed E-state index contributed by atoms with van der Waals surface area (Å²) in [5, 5.41) is 9.66. The van der Waals surface area contributed by atoms with Crippen LogP contribution >= 0.6 is 0 Å². The lowest BCUT2D eigenvalue weighted by atomic mass is 10.1. The fourth-order valence-corrected chi connectivity index (χ4v) is 2.41. The number of hydrogen-bond donors (Lipinski definition) is 2. The molecular formula is C18H18FN5O. The van der Waals surface area contributed by atoms with Gasteiger partial charge in [0.05, 0.1) is 5.69 Å². The first-order valence-corrected chi connectivity index (χ1v) is 7.80. The lowest BCUT2D eigenvalue weighted by molar-refractivity contribution is 0.240. The minimum atomic E-state index is -0.297. The summed E-state index contributed by atoms with van der Waals surface area (Å²) in [5.74, 6) is -0.297. The molecule has 0 atom stereocenters. The van der Waals surface area contributed by atoms with E-state index in [-0.39, 0.29) is 11.8 Å². The second-order valence-corrected chi connectivity index (χ2v) is 5.58. The number of nitrogens with one attached hydrogen (secondary N) is 2. The third-order valence-corrected chi connectivity index (χ3v) is 3.73. The number of hydrogen-bond acceptors (Lipinski definition) is 3. The Morgan fingerprint density at radius 1 is 1.08 bits per heavy atom. The molecule has 0 radical (unpaired) electrons. The van der Waals surface area contributed by atoms with Crippen LogP contribution in [0.3, 0.4) is 0 Å². The molecule has 0 spiro atoms. The van der Waals surface area contributed by atoms with Crippen molar-refractivity contribution in [3.05, 3.63) is 71.9 Å². The molecule has 0 fully saturated rings. The van der Waals surface area contributed by atoms with Gasteiger partial charge in [-0.05, 0) is 35.4 Å². The lowest BCUT2D eigenvalue weighted by Gasteiger charge is -2.09. The van der Waals surface area contributed by atoms with Crippen LogP contribution in [0.25, 0.3) is 11.3 Å². The summed E-state index contributed by atoms with van der Waals surface area (Å²) in [5.41, 5.74) is 3.60. The molecule has 6 nitrogen and oxygen atoms in total. The number of amides is 2. The molecule has 0 aliphatic rings. The average Bonchev–Trinajstić information content (AvgIpc) is 3.06. The Labute approximate surface area is 144 Å². The zero-order chi connectivity index (χ0) is 17.6. The van der Waals surface area contributed by atoms with Crippen molar-refractivity contribution in [3.8, 4) is 11.3 Å². The van der Waals surface area contributed by atoms with Crippen molar-refractivity contribution in [2.24, 2.45) is 7.05 Å². The van der Waals surface area contributed by atoms with Crippen LogP contribution in [0.5, 0.6) is 0 Å². The number of pyridine rings is 1. The molecule has 0 aliphatic heterocycles. The first kappa shape index (κ1) is 16.6. The summed E-state index contributed by atoms with van der Waals surface area (Å²) in [6.07, 6.45) is 5.19. The molecule has 0 unspecified atom stereocenters. The van der Waals surface area contributed by atoms with Gasteiger partial charge in [-0.15, -0.1) is 0 Å². The zero-order valence-electron chi connectivity index (χ0n) is 13.7. The maximum absolute atomic E-state index is 12.8. The van der Waals surface area contributed by atoms with E-state index < -0.39 is 0 Å². The summed E-state index contributed by atoms with van der Waals surface area (Å²) >= 11 is 0. The Bertz CT molecular complexity index is 860. The number of nitrogens with zero attached hydrogens (tertiary/aromatic N) is 3. The van der Waals surface area contributed by atoms with Crippen LogP contribution < -0.4 is 10.6 Å². The Hall–Kier alpha value is -3.22. The van der Waals surface area contributed by atoms with Crippen molar-refractivity contribution >= 4 is 6.03 Å². The van der Waals surface area contributed by atoms with E-state index in [4.69, 9.17) is 0 Å². The van der Waals surface area contributed by atoms with Crippen LogP contribution in [-0.4, -0.2) is 20.8 Å². The quantitative estimate of drug-likeness (QED) is 0.750. The SMILES string of the molecule is Cn1nccc1-c1cncc(CNC(=O)NCc2ccc(F)cc2)c1. The van der Waals surface area contributed by atoms with Gasteiger partial charge >= 0.3 is 6.03 Å². The maximum Gasteiger partial charge on any atom is 0.315 e. The van der Waals surface area contributed by atoms with Crippen LogP contribution in [0.2, 0.25) is 0 Å². The van der Waals surface area contributed by atoms with Crippen LogP contribution in [-0.2, 0) is 20.1 Å². The summed E-state index contributed by atoms with van der Waals surface area (Å²) in [4.78, 5) is 16.1. The van der Waals surface area contributed by atoms with Crippen molar-refractivity contribution < 1.29 is 9.18 Å². The number of aryl methyl sites for hydroxylation is 1. The molecule has 0 bridgehead atoms. The molecule has 2 aromatic heterocycles. The second kappa shape index (κ2) is 7.57. The minimum Gasteiger partial charge on any atom is -0.334 e. The monoisotopic (exact) mass is 339 g/mol. The summed E-state index contributed by atoms with van der Waals surface area (Å²) in [6.45, 7) is 0.688. The third-order valence-electron chi connectivity index (χ3n) is 3.73. The third kappa shape index (κ3) is 4.41. The van der Waals surface area contributed by atoms with Gasteiger partial charge in [0.25, 0.3) is 0 Å². The summed E-state index contributed by atoms with van der Waals surface area (Å²) in [7, 11) is 1.86. The number of benzene rings is 1. The van der Waals surface area contributed by atoms with Crippen molar-refractivity contribution in [2.75, 3.05) is 0 Å². The summed E-state index contributed by atoms with van der Waals surface area (Å²) < 4.78 is 14.6. The molecule has 0 saturated carbocycles. The number of carbonyl (C=O) groups excluding carboxylic acids is 1. The number of halogens is 1. The van der Waals surface area contributed by atoms with Gasteiger partial charge in [0.15, 0.2) is 0 Å². The van der Waals surface area contributed by atoms with Gasteiger partial charge in [0.1, 0.15) is 5.82 Å². The zero-order valence-corrected chi connectivity index (χ0v) is 13.7. The standard InChI is InChI=1S/C18H18FN5O/c1-24-17(6-7-23-24)15-8-14(9-20-12-15)11-22-18(25)21-10-13-2-4-16(19)5-3-13/h2-9,12H,10-11H2,1H3,(H2,21,22,25). The molecule has 2 N–H and O–H groups in total. The first-order valence-electron chi connectivity index (χ1n) is 7.80. The Kier molecular flexibility index (Phi) is 5.03. The molecule has 2 amide bonds. The molecule has 128 valence electrons. The number of aromatic nitrogens is 3. The van der Waals surface area contributed by atoms with Gasteiger partial charge < -0.3 is 10.6 Å². The van der Waals surface area contributed by atoms with Crippen LogP contribution in [0, 0.1) is 5.82 Å². The van der Waals surface area contributed by atoms with E-state index in [1.807, 2.05) is 19.2 Å². The van der Waals surface area contributed by atoms with Gasteiger partial charge in [-0.25, -0.2) is 9.18 Å². The van der Waals surface area contributed by atoms with Gasteiger partial charge in [-0.3, -0.25) is 9.67 Å². The average molecular weight is 339 g/mol. The lowest BCUT2D eigenvalue weighted by Crippen LogP contribution is -2.34. The molecule has 1 aromatic carbocycles. The highest BCUT2D eigenvalue weighted by Gasteiger charge is 2.06. The van der Waals surface area contributed by atoms with Crippen molar-refractivity contribution in [2.45, 2.75) is 13.1 Å². The van der Waals surface area contributed by atoms with Gasteiger partial charge in [0.2, 0.25) is 0 Å². The smallest absolute Gasteiger partial charge is 0.315 e. The Balaban J connectivity index is 1.54. The molecule has 0 aliphatic carbocycles. The van der Waals surface area contributed by atoms with Crippen molar-refractivity contribution in [3.63, 3.8) is 0 Å². The van der Waals surface area contributed by atoms with Gasteiger partial charge in [-0.1, -0.05) is 12.1 Å². The van der Waals surface area contributed by atoms with Crippen molar-refractivity contribution in [1.82, 2.24) is 25.4 Å². The van der Waals surface area contributed by atoms with E-state index in [1.165, 1.54) is 12.1 Å². The molecule has 25 heavy (non-hydrogen) atoms. The van der Waals surface area contributed by atoms with E-state index in [2.05, 4.69) is 20.7 Å². The first-order chi connectivity index (χ1) is 12.1. The van der Waals surface area contributed by atoms with Crippen molar-refractivity contribution in [1.29, 1.82) is 0 Å². The highest BCUT2D eigenvalue weighted by atomic mass is 19.1. The predicted molar refractivity (Wildman–Crippen MR) is 91.9 cm³/mol. The van der Waals surface area contributed by atoms with Crippen LogP contribution in [0.1, 0.15) is 11.1 Å². The second-order valence-electron chi connectivity index (χ2n) is 5.58. The fraction of sp³-hybridized carbons (Fsp3) is 0.167. The van der Waals surface area contributed by atoms with Crippen LogP contribution in [0.15, 0.2) is 55.0 Å². The largest absolute Gasteiger partial charge is 0.334 e. The van der Waals surface area contributed by atoms with E-state index in [0.29, 0.717) is 13.1 Å². The Morgan fingerprint density at radius 2 is 1.80 bits per heavy atom. The van der Waals surface area contributed by atoms with E-state index in [1.54, 1.807) is 35.4 Å². The van der Waals surface area contributed by atoms with Crippen LogP contribution in [0.4, 0.5) is 9.18 Å². The number of carbonyl (C=O) groups is 1. The number of rotatable bonds is 5. The number of urea groups is 1. The molecule has 3 rings (SSSR count).